The molecule has 1 amide bonds. The normalized spacial score (nSPS) is 16.1. The minimum Gasteiger partial charge on any atom is -0.497 e. The molecule has 1 atom stereocenters. The molecule has 1 aliphatic heterocycles. The number of ether oxygens (including phenoxy) is 1. The third-order valence-corrected chi connectivity index (χ3v) is 6.06. The smallest absolute Gasteiger partial charge is 0.235 e. The first-order chi connectivity index (χ1) is 13.2. The Balaban J connectivity index is 1.43. The van der Waals surface area contributed by atoms with Crippen LogP contribution in [0.2, 0.25) is 0 Å². The molecule has 1 fully saturated rings. The lowest BCUT2D eigenvalue weighted by atomic mass is 10.1. The summed E-state index contributed by atoms with van der Waals surface area (Å²) in [6, 6.07) is 18.5. The Morgan fingerprint density at radius 3 is 2.33 bits per heavy atom. The zero-order chi connectivity index (χ0) is 19.1. The number of piperazine rings is 1. The number of nitrogens with zero attached hydrogens (tertiary/aromatic N) is 2. The highest BCUT2D eigenvalue weighted by Crippen LogP contribution is 2.26. The summed E-state index contributed by atoms with van der Waals surface area (Å²) in [5, 5.41) is -0.0748. The van der Waals surface area contributed by atoms with Crippen LogP contribution >= 0.6 is 11.8 Å². The fourth-order valence-corrected chi connectivity index (χ4v) is 4.24. The molecule has 2 aromatic carbocycles. The molecule has 5 heteroatoms. The van der Waals surface area contributed by atoms with Gasteiger partial charge in [-0.2, -0.15) is 0 Å². The Bertz CT molecular complexity index is 713. The van der Waals surface area contributed by atoms with Gasteiger partial charge in [0, 0.05) is 37.6 Å². The maximum atomic E-state index is 12.8. The number of thioether (sulfide) groups is 1. The highest BCUT2D eigenvalue weighted by molar-refractivity contribution is 8.00. The lowest BCUT2D eigenvalue weighted by Crippen LogP contribution is -2.50. The van der Waals surface area contributed by atoms with E-state index in [0.717, 1.165) is 49.8 Å². The van der Waals surface area contributed by atoms with E-state index in [2.05, 4.69) is 35.2 Å². The van der Waals surface area contributed by atoms with Crippen LogP contribution in [0.3, 0.4) is 0 Å². The average molecular weight is 385 g/mol. The van der Waals surface area contributed by atoms with Crippen LogP contribution in [0.1, 0.15) is 12.5 Å². The number of benzene rings is 2. The van der Waals surface area contributed by atoms with Gasteiger partial charge in [0.25, 0.3) is 0 Å². The fourth-order valence-electron chi connectivity index (χ4n) is 3.29. The molecule has 4 nitrogen and oxygen atoms in total. The van der Waals surface area contributed by atoms with E-state index < -0.39 is 0 Å². The summed E-state index contributed by atoms with van der Waals surface area (Å²) < 4.78 is 5.19. The molecule has 0 radical (unpaired) electrons. The predicted octanol–water partition coefficient (Wildman–Crippen LogP) is 3.56. The van der Waals surface area contributed by atoms with Gasteiger partial charge in [-0.1, -0.05) is 30.3 Å². The number of carbonyl (C=O) groups is 1. The van der Waals surface area contributed by atoms with Crippen LogP contribution in [-0.2, 0) is 11.2 Å². The molecule has 0 aromatic heterocycles. The SMILES string of the molecule is COc1ccc(SC(C)C(=O)N2CCN(CCc3ccccc3)CC2)cc1. The van der Waals surface area contributed by atoms with Gasteiger partial charge >= 0.3 is 0 Å². The minimum atomic E-state index is -0.0748. The van der Waals surface area contributed by atoms with Crippen molar-refractivity contribution in [2.75, 3.05) is 39.8 Å². The number of rotatable bonds is 7. The van der Waals surface area contributed by atoms with Gasteiger partial charge in [0.05, 0.1) is 12.4 Å². The molecule has 1 heterocycles. The number of hydrogen-bond acceptors (Lipinski definition) is 4. The van der Waals surface area contributed by atoms with Crippen LogP contribution in [-0.4, -0.2) is 60.8 Å². The molecule has 0 aliphatic carbocycles. The second-order valence-corrected chi connectivity index (χ2v) is 8.25. The molecule has 1 aliphatic rings. The monoisotopic (exact) mass is 384 g/mol. The van der Waals surface area contributed by atoms with Crippen molar-refractivity contribution in [2.45, 2.75) is 23.5 Å². The minimum absolute atomic E-state index is 0.0748. The number of carbonyl (C=O) groups excluding carboxylic acids is 1. The highest BCUT2D eigenvalue weighted by atomic mass is 32.2. The van der Waals surface area contributed by atoms with Crippen molar-refractivity contribution >= 4 is 17.7 Å². The Morgan fingerprint density at radius 2 is 1.70 bits per heavy atom. The van der Waals surface area contributed by atoms with E-state index in [4.69, 9.17) is 4.74 Å². The maximum Gasteiger partial charge on any atom is 0.235 e. The van der Waals surface area contributed by atoms with Gasteiger partial charge in [-0.05, 0) is 43.2 Å². The fraction of sp³-hybridized carbons (Fsp3) is 0.409. The summed E-state index contributed by atoms with van der Waals surface area (Å²) in [4.78, 5) is 18.3. The first-order valence-corrected chi connectivity index (χ1v) is 10.4. The largest absolute Gasteiger partial charge is 0.497 e. The van der Waals surface area contributed by atoms with Gasteiger partial charge in [-0.25, -0.2) is 0 Å². The Hall–Kier alpha value is -1.98. The van der Waals surface area contributed by atoms with Crippen LogP contribution in [0.15, 0.2) is 59.5 Å². The Kier molecular flexibility index (Phi) is 7.18. The molecule has 0 N–H and O–H groups in total. The van der Waals surface area contributed by atoms with E-state index in [-0.39, 0.29) is 11.2 Å². The second kappa shape index (κ2) is 9.81. The zero-order valence-electron chi connectivity index (χ0n) is 16.1. The standard InChI is InChI=1S/C22H28N2O2S/c1-18(27-21-10-8-20(26-2)9-11-21)22(25)24-16-14-23(15-17-24)13-12-19-6-4-3-5-7-19/h3-11,18H,12-17H2,1-2H3. The van der Waals surface area contributed by atoms with Crippen molar-refractivity contribution in [3.05, 3.63) is 60.2 Å². The van der Waals surface area contributed by atoms with E-state index in [0.29, 0.717) is 0 Å². The van der Waals surface area contributed by atoms with Gasteiger partial charge in [-0.3, -0.25) is 9.69 Å². The Morgan fingerprint density at radius 1 is 1.04 bits per heavy atom. The molecule has 3 rings (SSSR count). The Labute approximate surface area is 166 Å². The van der Waals surface area contributed by atoms with E-state index in [1.54, 1.807) is 18.9 Å². The molecular formula is C22H28N2O2S. The van der Waals surface area contributed by atoms with Gasteiger partial charge < -0.3 is 9.64 Å². The molecule has 0 spiro atoms. The van der Waals surface area contributed by atoms with E-state index >= 15 is 0 Å². The molecule has 27 heavy (non-hydrogen) atoms. The van der Waals surface area contributed by atoms with Gasteiger partial charge in [0.2, 0.25) is 5.91 Å². The molecule has 0 bridgehead atoms. The summed E-state index contributed by atoms with van der Waals surface area (Å²) in [7, 11) is 1.66. The van der Waals surface area contributed by atoms with Crippen molar-refractivity contribution in [2.24, 2.45) is 0 Å². The van der Waals surface area contributed by atoms with Crippen molar-refractivity contribution in [1.29, 1.82) is 0 Å². The van der Waals surface area contributed by atoms with E-state index in [1.165, 1.54) is 5.56 Å². The number of amides is 1. The molecule has 1 saturated heterocycles. The van der Waals surface area contributed by atoms with Crippen molar-refractivity contribution in [3.8, 4) is 5.75 Å². The lowest BCUT2D eigenvalue weighted by Gasteiger charge is -2.35. The molecule has 1 unspecified atom stereocenters. The third kappa shape index (κ3) is 5.75. The summed E-state index contributed by atoms with van der Waals surface area (Å²) >= 11 is 1.61. The van der Waals surface area contributed by atoms with Gasteiger partial charge in [0.1, 0.15) is 5.75 Å². The van der Waals surface area contributed by atoms with E-state index in [9.17, 15) is 4.79 Å². The molecule has 144 valence electrons. The summed E-state index contributed by atoms with van der Waals surface area (Å²) in [6.07, 6.45) is 1.07. The van der Waals surface area contributed by atoms with Crippen molar-refractivity contribution < 1.29 is 9.53 Å². The molecule has 0 saturated carbocycles. The number of hydrogen-bond donors (Lipinski definition) is 0. The highest BCUT2D eigenvalue weighted by Gasteiger charge is 2.25. The van der Waals surface area contributed by atoms with Crippen molar-refractivity contribution in [1.82, 2.24) is 9.80 Å². The zero-order valence-corrected chi connectivity index (χ0v) is 17.0. The van der Waals surface area contributed by atoms with Crippen LogP contribution in [0.4, 0.5) is 0 Å². The molecular weight excluding hydrogens is 356 g/mol. The first-order valence-electron chi connectivity index (χ1n) is 9.51. The van der Waals surface area contributed by atoms with E-state index in [1.807, 2.05) is 36.1 Å². The third-order valence-electron chi connectivity index (χ3n) is 4.96. The van der Waals surface area contributed by atoms with Crippen LogP contribution in [0.5, 0.6) is 5.75 Å². The summed E-state index contributed by atoms with van der Waals surface area (Å²) in [5.74, 6) is 1.07. The summed E-state index contributed by atoms with van der Waals surface area (Å²) in [5.41, 5.74) is 1.38. The maximum absolute atomic E-state index is 12.8. The van der Waals surface area contributed by atoms with Gasteiger partial charge in [-0.15, -0.1) is 11.8 Å². The second-order valence-electron chi connectivity index (χ2n) is 6.84. The molecule has 2 aromatic rings. The van der Waals surface area contributed by atoms with Crippen LogP contribution in [0, 0.1) is 0 Å². The first kappa shape index (κ1) is 19.8. The van der Waals surface area contributed by atoms with Crippen LogP contribution < -0.4 is 4.74 Å². The van der Waals surface area contributed by atoms with Crippen molar-refractivity contribution in [3.63, 3.8) is 0 Å². The quantitative estimate of drug-likeness (QED) is 0.684. The predicted molar refractivity (Wildman–Crippen MR) is 111 cm³/mol. The summed E-state index contributed by atoms with van der Waals surface area (Å²) in [6.45, 7) is 6.61. The average Bonchev–Trinajstić information content (AvgIpc) is 2.73. The number of methoxy groups -OCH3 is 1. The lowest BCUT2D eigenvalue weighted by molar-refractivity contribution is -0.132. The van der Waals surface area contributed by atoms with Crippen LogP contribution in [0.25, 0.3) is 0 Å². The topological polar surface area (TPSA) is 32.8 Å². The van der Waals surface area contributed by atoms with Gasteiger partial charge in [0.15, 0.2) is 0 Å².